The molecular weight excluding hydrogens is 276 g/mol. The first-order chi connectivity index (χ1) is 10.1. The lowest BCUT2D eigenvalue weighted by Crippen LogP contribution is -1.82. The molecule has 0 fully saturated rings. The molecule has 0 radical (unpaired) electrons. The summed E-state index contributed by atoms with van der Waals surface area (Å²) in [6.07, 6.45) is 0. The van der Waals surface area contributed by atoms with Crippen molar-refractivity contribution in [2.24, 2.45) is 0 Å². The Labute approximate surface area is 118 Å². The van der Waals surface area contributed by atoms with Crippen molar-refractivity contribution in [3.63, 3.8) is 0 Å². The lowest BCUT2D eigenvalue weighted by molar-refractivity contribution is 0.397. The molecule has 3 aromatic rings. The second-order valence-electron chi connectivity index (χ2n) is 4.30. The van der Waals surface area contributed by atoms with Crippen molar-refractivity contribution < 1.29 is 24.9 Å². The number of nitrogens with zero attached hydrogens (tertiary/aromatic N) is 2. The molecule has 0 aliphatic heterocycles. The molecule has 7 heteroatoms. The van der Waals surface area contributed by atoms with E-state index in [1.807, 2.05) is 0 Å². The maximum atomic E-state index is 9.76. The van der Waals surface area contributed by atoms with Crippen LogP contribution in [0, 0.1) is 0 Å². The van der Waals surface area contributed by atoms with Crippen LogP contribution in [0.4, 0.5) is 0 Å². The van der Waals surface area contributed by atoms with Gasteiger partial charge in [-0.15, -0.1) is 0 Å². The van der Waals surface area contributed by atoms with Gasteiger partial charge < -0.3 is 24.9 Å². The number of rotatable bonds is 2. The van der Waals surface area contributed by atoms with Gasteiger partial charge in [0.05, 0.1) is 5.56 Å². The zero-order valence-electron chi connectivity index (χ0n) is 10.6. The van der Waals surface area contributed by atoms with E-state index in [0.717, 1.165) is 0 Å². The van der Waals surface area contributed by atoms with Crippen molar-refractivity contribution in [1.82, 2.24) is 10.1 Å². The number of hydrogen-bond acceptors (Lipinski definition) is 7. The summed E-state index contributed by atoms with van der Waals surface area (Å²) in [6.45, 7) is 0. The second kappa shape index (κ2) is 4.71. The third-order valence-electron chi connectivity index (χ3n) is 2.90. The molecule has 106 valence electrons. The smallest absolute Gasteiger partial charge is 0.262 e. The summed E-state index contributed by atoms with van der Waals surface area (Å²) in [7, 11) is 0. The number of aromatic nitrogens is 2. The van der Waals surface area contributed by atoms with E-state index in [1.165, 1.54) is 36.4 Å². The molecule has 0 aliphatic carbocycles. The fourth-order valence-corrected chi connectivity index (χ4v) is 1.82. The molecule has 1 heterocycles. The summed E-state index contributed by atoms with van der Waals surface area (Å²) >= 11 is 0. The highest BCUT2D eigenvalue weighted by Gasteiger charge is 2.16. The maximum absolute atomic E-state index is 9.76. The Morgan fingerprint density at radius 1 is 0.857 bits per heavy atom. The normalized spacial score (nSPS) is 10.7. The van der Waals surface area contributed by atoms with Gasteiger partial charge in [-0.05, 0) is 30.3 Å². The number of phenolic OH excluding ortho intramolecular Hbond substituents is 4. The number of hydrogen-bond donors (Lipinski definition) is 4. The highest BCUT2D eigenvalue weighted by Crippen LogP contribution is 2.36. The first-order valence-electron chi connectivity index (χ1n) is 5.93. The van der Waals surface area contributed by atoms with Crippen molar-refractivity contribution in [2.75, 3.05) is 0 Å². The van der Waals surface area contributed by atoms with Crippen molar-refractivity contribution in [3.05, 3.63) is 36.4 Å². The zero-order chi connectivity index (χ0) is 15.0. The Bertz CT molecular complexity index is 813. The van der Waals surface area contributed by atoms with Gasteiger partial charge in [-0.3, -0.25) is 0 Å². The second-order valence-corrected chi connectivity index (χ2v) is 4.30. The van der Waals surface area contributed by atoms with Crippen molar-refractivity contribution in [1.29, 1.82) is 0 Å². The fourth-order valence-electron chi connectivity index (χ4n) is 1.82. The van der Waals surface area contributed by atoms with Crippen LogP contribution >= 0.6 is 0 Å². The number of phenols is 4. The molecule has 1 aromatic heterocycles. The quantitative estimate of drug-likeness (QED) is 0.533. The molecule has 0 saturated carbocycles. The maximum Gasteiger partial charge on any atom is 0.262 e. The summed E-state index contributed by atoms with van der Waals surface area (Å²) < 4.78 is 5.03. The fraction of sp³-hybridized carbons (Fsp3) is 0. The zero-order valence-corrected chi connectivity index (χ0v) is 10.6. The van der Waals surface area contributed by atoms with Crippen LogP contribution in [0.2, 0.25) is 0 Å². The number of benzene rings is 2. The Balaban J connectivity index is 2.03. The molecule has 4 N–H and O–H groups in total. The van der Waals surface area contributed by atoms with E-state index in [1.54, 1.807) is 0 Å². The van der Waals surface area contributed by atoms with Crippen LogP contribution in [0.3, 0.4) is 0 Å². The standard InChI is InChI=1S/C14H10N2O5/c17-9-5-4-7(6-11(9)19)13-15-14(21-16-13)8-2-1-3-10(18)12(8)20/h1-6,17-20H. The first-order valence-corrected chi connectivity index (χ1v) is 5.93. The van der Waals surface area contributed by atoms with E-state index in [0.29, 0.717) is 5.56 Å². The Hall–Kier alpha value is -3.22. The van der Waals surface area contributed by atoms with Crippen LogP contribution in [0.25, 0.3) is 22.8 Å². The minimum Gasteiger partial charge on any atom is -0.504 e. The van der Waals surface area contributed by atoms with E-state index < -0.39 is 0 Å². The van der Waals surface area contributed by atoms with E-state index in [-0.39, 0.29) is 40.3 Å². The third kappa shape index (κ3) is 2.20. The largest absolute Gasteiger partial charge is 0.504 e. The van der Waals surface area contributed by atoms with Gasteiger partial charge in [0, 0.05) is 5.56 Å². The topological polar surface area (TPSA) is 120 Å². The van der Waals surface area contributed by atoms with Gasteiger partial charge in [0.1, 0.15) is 0 Å². The Morgan fingerprint density at radius 3 is 2.43 bits per heavy atom. The van der Waals surface area contributed by atoms with Gasteiger partial charge in [-0.2, -0.15) is 4.98 Å². The van der Waals surface area contributed by atoms with Crippen LogP contribution in [0.1, 0.15) is 0 Å². The minimum atomic E-state index is -0.360. The average Bonchev–Trinajstić information content (AvgIpc) is 2.94. The average molecular weight is 286 g/mol. The van der Waals surface area contributed by atoms with Gasteiger partial charge in [0.15, 0.2) is 23.0 Å². The molecule has 0 bridgehead atoms. The van der Waals surface area contributed by atoms with E-state index >= 15 is 0 Å². The van der Waals surface area contributed by atoms with Gasteiger partial charge in [0.25, 0.3) is 5.89 Å². The van der Waals surface area contributed by atoms with Gasteiger partial charge in [-0.1, -0.05) is 11.2 Å². The first kappa shape index (κ1) is 12.8. The molecule has 0 aliphatic rings. The molecule has 3 rings (SSSR count). The summed E-state index contributed by atoms with van der Waals surface area (Å²) in [5.41, 5.74) is 0.622. The molecule has 0 atom stereocenters. The van der Waals surface area contributed by atoms with Crippen molar-refractivity contribution in [3.8, 4) is 45.8 Å². The van der Waals surface area contributed by atoms with Crippen LogP contribution in [0.15, 0.2) is 40.9 Å². The van der Waals surface area contributed by atoms with E-state index in [2.05, 4.69) is 10.1 Å². The summed E-state index contributed by atoms with van der Waals surface area (Å²) in [6, 6.07) is 8.46. The molecule has 0 unspecified atom stereocenters. The van der Waals surface area contributed by atoms with Crippen LogP contribution in [-0.2, 0) is 0 Å². The lowest BCUT2D eigenvalue weighted by atomic mass is 10.1. The predicted octanol–water partition coefficient (Wildman–Crippen LogP) is 2.23. The highest BCUT2D eigenvalue weighted by molar-refractivity contribution is 5.68. The number of para-hydroxylation sites is 1. The monoisotopic (exact) mass is 286 g/mol. The van der Waals surface area contributed by atoms with Gasteiger partial charge >= 0.3 is 0 Å². The molecule has 0 spiro atoms. The Morgan fingerprint density at radius 2 is 1.67 bits per heavy atom. The van der Waals surface area contributed by atoms with E-state index in [9.17, 15) is 20.4 Å². The van der Waals surface area contributed by atoms with Crippen LogP contribution in [-0.4, -0.2) is 30.6 Å². The van der Waals surface area contributed by atoms with Gasteiger partial charge in [-0.25, -0.2) is 0 Å². The van der Waals surface area contributed by atoms with Crippen LogP contribution < -0.4 is 0 Å². The minimum absolute atomic E-state index is 0.0194. The third-order valence-corrected chi connectivity index (χ3v) is 2.90. The van der Waals surface area contributed by atoms with Crippen LogP contribution in [0.5, 0.6) is 23.0 Å². The molecular formula is C14H10N2O5. The lowest BCUT2D eigenvalue weighted by Gasteiger charge is -2.00. The predicted molar refractivity (Wildman–Crippen MR) is 71.8 cm³/mol. The molecule has 0 amide bonds. The summed E-state index contributed by atoms with van der Waals surface area (Å²) in [4.78, 5) is 4.08. The molecule has 7 nitrogen and oxygen atoms in total. The molecule has 0 saturated heterocycles. The van der Waals surface area contributed by atoms with E-state index in [4.69, 9.17) is 4.52 Å². The molecule has 2 aromatic carbocycles. The SMILES string of the molecule is Oc1ccc(-c2noc(-c3cccc(O)c3O)n2)cc1O. The molecule has 21 heavy (non-hydrogen) atoms. The van der Waals surface area contributed by atoms with Crippen molar-refractivity contribution in [2.45, 2.75) is 0 Å². The highest BCUT2D eigenvalue weighted by atomic mass is 16.5. The summed E-state index contributed by atoms with van der Waals surface area (Å²) in [5, 5.41) is 41.7. The van der Waals surface area contributed by atoms with Crippen molar-refractivity contribution >= 4 is 0 Å². The number of aromatic hydroxyl groups is 4. The summed E-state index contributed by atoms with van der Waals surface area (Å²) in [5.74, 6) is -1.03. The van der Waals surface area contributed by atoms with Gasteiger partial charge in [0.2, 0.25) is 5.82 Å². The Kier molecular flexibility index (Phi) is 2.87.